The van der Waals surface area contributed by atoms with Crippen LogP contribution >= 0.6 is 11.6 Å². The van der Waals surface area contributed by atoms with Crippen LogP contribution in [-0.2, 0) is 9.47 Å². The molecule has 106 valence electrons. The van der Waals surface area contributed by atoms with Crippen LogP contribution in [0.3, 0.4) is 0 Å². The zero-order chi connectivity index (χ0) is 13.7. The van der Waals surface area contributed by atoms with Crippen LogP contribution in [0.15, 0.2) is 24.3 Å². The van der Waals surface area contributed by atoms with Gasteiger partial charge >= 0.3 is 0 Å². The molecule has 1 aromatic carbocycles. The van der Waals surface area contributed by atoms with Crippen molar-refractivity contribution >= 4 is 11.6 Å². The Kier molecular flexibility index (Phi) is 5.64. The molecule has 0 bridgehead atoms. The van der Waals surface area contributed by atoms with Gasteiger partial charge in [-0.05, 0) is 12.5 Å². The molecular formula is C15H22ClNO2. The number of rotatable bonds is 6. The zero-order valence-electron chi connectivity index (χ0n) is 11.6. The Labute approximate surface area is 120 Å². The molecule has 4 heteroatoms. The maximum absolute atomic E-state index is 6.28. The van der Waals surface area contributed by atoms with Gasteiger partial charge in [0.05, 0.1) is 18.8 Å². The highest BCUT2D eigenvalue weighted by molar-refractivity contribution is 6.31. The summed E-state index contributed by atoms with van der Waals surface area (Å²) < 4.78 is 11.5. The van der Waals surface area contributed by atoms with E-state index in [0.717, 1.165) is 30.2 Å². The Balaban J connectivity index is 2.06. The topological polar surface area (TPSA) is 30.5 Å². The predicted octanol–water partition coefficient (Wildman–Crippen LogP) is 3.18. The standard InChI is InChI=1S/C15H22ClNO2/c1-11(2)17-9-15(19-12-7-8-18-10-12)13-5-3-4-6-14(13)16/h3-6,11-12,15,17H,7-10H2,1-2H3. The maximum atomic E-state index is 6.28. The number of ether oxygens (including phenoxy) is 2. The van der Waals surface area contributed by atoms with E-state index in [0.29, 0.717) is 12.6 Å². The Morgan fingerprint density at radius 1 is 1.42 bits per heavy atom. The van der Waals surface area contributed by atoms with Crippen molar-refractivity contribution in [2.24, 2.45) is 0 Å². The summed E-state index contributed by atoms with van der Waals surface area (Å²) in [6, 6.07) is 8.31. The summed E-state index contributed by atoms with van der Waals surface area (Å²) >= 11 is 6.28. The molecular weight excluding hydrogens is 262 g/mol. The number of hydrogen-bond donors (Lipinski definition) is 1. The number of hydrogen-bond acceptors (Lipinski definition) is 3. The van der Waals surface area contributed by atoms with Crippen molar-refractivity contribution in [1.82, 2.24) is 5.32 Å². The van der Waals surface area contributed by atoms with Gasteiger partial charge in [-0.15, -0.1) is 0 Å². The summed E-state index contributed by atoms with van der Waals surface area (Å²) in [7, 11) is 0. The van der Waals surface area contributed by atoms with Crippen molar-refractivity contribution in [2.45, 2.75) is 38.5 Å². The molecule has 2 rings (SSSR count). The molecule has 19 heavy (non-hydrogen) atoms. The molecule has 1 fully saturated rings. The first-order chi connectivity index (χ1) is 9.16. The van der Waals surface area contributed by atoms with Crippen LogP contribution in [0.1, 0.15) is 31.9 Å². The van der Waals surface area contributed by atoms with E-state index in [4.69, 9.17) is 21.1 Å². The highest BCUT2D eigenvalue weighted by Crippen LogP contribution is 2.27. The summed E-state index contributed by atoms with van der Waals surface area (Å²) in [5.41, 5.74) is 1.05. The average Bonchev–Trinajstić information content (AvgIpc) is 2.88. The van der Waals surface area contributed by atoms with E-state index in [1.54, 1.807) is 0 Å². The highest BCUT2D eigenvalue weighted by Gasteiger charge is 2.23. The summed E-state index contributed by atoms with van der Waals surface area (Å²) in [4.78, 5) is 0. The molecule has 1 aromatic rings. The molecule has 0 aromatic heterocycles. The smallest absolute Gasteiger partial charge is 0.0968 e. The van der Waals surface area contributed by atoms with E-state index in [2.05, 4.69) is 19.2 Å². The molecule has 2 unspecified atom stereocenters. The SMILES string of the molecule is CC(C)NCC(OC1CCOC1)c1ccccc1Cl. The molecule has 1 aliphatic rings. The molecule has 0 radical (unpaired) electrons. The summed E-state index contributed by atoms with van der Waals surface area (Å²) in [5.74, 6) is 0. The van der Waals surface area contributed by atoms with Crippen molar-refractivity contribution in [3.63, 3.8) is 0 Å². The van der Waals surface area contributed by atoms with E-state index in [-0.39, 0.29) is 12.2 Å². The lowest BCUT2D eigenvalue weighted by Crippen LogP contribution is -2.31. The van der Waals surface area contributed by atoms with E-state index < -0.39 is 0 Å². The van der Waals surface area contributed by atoms with Crippen molar-refractivity contribution in [1.29, 1.82) is 0 Å². The van der Waals surface area contributed by atoms with Gasteiger partial charge in [-0.2, -0.15) is 0 Å². The van der Waals surface area contributed by atoms with E-state index in [1.807, 2.05) is 24.3 Å². The van der Waals surface area contributed by atoms with E-state index in [9.17, 15) is 0 Å². The molecule has 1 N–H and O–H groups in total. The molecule has 2 atom stereocenters. The van der Waals surface area contributed by atoms with Crippen LogP contribution in [0, 0.1) is 0 Å². The third-order valence-corrected chi connectivity index (χ3v) is 3.55. The second kappa shape index (κ2) is 7.25. The van der Waals surface area contributed by atoms with Crippen molar-refractivity contribution in [3.8, 4) is 0 Å². The van der Waals surface area contributed by atoms with Gasteiger partial charge in [0.2, 0.25) is 0 Å². The Morgan fingerprint density at radius 2 is 2.21 bits per heavy atom. The van der Waals surface area contributed by atoms with Crippen LogP contribution < -0.4 is 5.32 Å². The monoisotopic (exact) mass is 283 g/mol. The molecule has 0 spiro atoms. The lowest BCUT2D eigenvalue weighted by molar-refractivity contribution is -0.0171. The van der Waals surface area contributed by atoms with Crippen molar-refractivity contribution in [3.05, 3.63) is 34.9 Å². The number of nitrogens with one attached hydrogen (secondary N) is 1. The summed E-state index contributed by atoms with van der Waals surface area (Å²) in [6.07, 6.45) is 1.11. The van der Waals surface area contributed by atoms with Gasteiger partial charge in [0.25, 0.3) is 0 Å². The first kappa shape index (κ1) is 14.8. The second-order valence-corrected chi connectivity index (χ2v) is 5.60. The van der Waals surface area contributed by atoms with Gasteiger partial charge in [-0.1, -0.05) is 43.6 Å². The third-order valence-electron chi connectivity index (χ3n) is 3.21. The lowest BCUT2D eigenvalue weighted by atomic mass is 10.1. The minimum Gasteiger partial charge on any atom is -0.379 e. The van der Waals surface area contributed by atoms with Gasteiger partial charge < -0.3 is 14.8 Å². The van der Waals surface area contributed by atoms with Crippen molar-refractivity contribution in [2.75, 3.05) is 19.8 Å². The molecule has 0 aliphatic carbocycles. The summed E-state index contributed by atoms with van der Waals surface area (Å²) in [6.45, 7) is 6.49. The van der Waals surface area contributed by atoms with Gasteiger partial charge in [0.1, 0.15) is 0 Å². The molecule has 1 heterocycles. The van der Waals surface area contributed by atoms with Crippen LogP contribution in [0.2, 0.25) is 5.02 Å². The van der Waals surface area contributed by atoms with Crippen LogP contribution in [0.25, 0.3) is 0 Å². The first-order valence-electron chi connectivity index (χ1n) is 6.88. The fourth-order valence-corrected chi connectivity index (χ4v) is 2.42. The Morgan fingerprint density at radius 3 is 2.84 bits per heavy atom. The molecule has 0 amide bonds. The third kappa shape index (κ3) is 4.46. The fraction of sp³-hybridized carbons (Fsp3) is 0.600. The largest absolute Gasteiger partial charge is 0.379 e. The normalized spacial score (nSPS) is 20.9. The first-order valence-corrected chi connectivity index (χ1v) is 7.25. The zero-order valence-corrected chi connectivity index (χ0v) is 12.3. The highest BCUT2D eigenvalue weighted by atomic mass is 35.5. The van der Waals surface area contributed by atoms with Crippen molar-refractivity contribution < 1.29 is 9.47 Å². The number of benzene rings is 1. The van der Waals surface area contributed by atoms with Crippen LogP contribution in [0.4, 0.5) is 0 Å². The van der Waals surface area contributed by atoms with Crippen LogP contribution in [0.5, 0.6) is 0 Å². The number of halogens is 1. The van der Waals surface area contributed by atoms with Gasteiger partial charge in [-0.3, -0.25) is 0 Å². The molecule has 3 nitrogen and oxygen atoms in total. The van der Waals surface area contributed by atoms with E-state index >= 15 is 0 Å². The minimum absolute atomic E-state index is 0.0252. The Bertz CT molecular complexity index is 391. The molecule has 0 saturated carbocycles. The Hall–Kier alpha value is -0.610. The lowest BCUT2D eigenvalue weighted by Gasteiger charge is -2.24. The average molecular weight is 284 g/mol. The van der Waals surface area contributed by atoms with Gasteiger partial charge in [0, 0.05) is 29.8 Å². The fourth-order valence-electron chi connectivity index (χ4n) is 2.16. The molecule has 1 aliphatic heterocycles. The second-order valence-electron chi connectivity index (χ2n) is 5.19. The van der Waals surface area contributed by atoms with Gasteiger partial charge in [0.15, 0.2) is 0 Å². The predicted molar refractivity (Wildman–Crippen MR) is 77.6 cm³/mol. The van der Waals surface area contributed by atoms with E-state index in [1.165, 1.54) is 0 Å². The van der Waals surface area contributed by atoms with Crippen LogP contribution in [-0.4, -0.2) is 31.9 Å². The minimum atomic E-state index is -0.0252. The van der Waals surface area contributed by atoms with Gasteiger partial charge in [-0.25, -0.2) is 0 Å². The molecule has 1 saturated heterocycles. The summed E-state index contributed by atoms with van der Waals surface area (Å²) in [5, 5.41) is 4.18. The quantitative estimate of drug-likeness (QED) is 0.870. The maximum Gasteiger partial charge on any atom is 0.0968 e.